The summed E-state index contributed by atoms with van der Waals surface area (Å²) in [5, 5.41) is 6.58. The van der Waals surface area contributed by atoms with E-state index < -0.39 is 0 Å². The maximum atomic E-state index is 13.2. The molecule has 2 aromatic carbocycles. The Morgan fingerprint density at radius 3 is 2.42 bits per heavy atom. The van der Waals surface area contributed by atoms with Crippen molar-refractivity contribution in [1.29, 1.82) is 0 Å². The molecule has 7 nitrogen and oxygen atoms in total. The molecule has 0 aliphatic rings. The van der Waals surface area contributed by atoms with Crippen LogP contribution in [-0.4, -0.2) is 28.9 Å². The van der Waals surface area contributed by atoms with Gasteiger partial charge in [-0.2, -0.15) is 0 Å². The quantitative estimate of drug-likeness (QED) is 0.490. The van der Waals surface area contributed by atoms with Crippen LogP contribution >= 0.6 is 0 Å². The minimum atomic E-state index is -0.280. The Morgan fingerprint density at radius 1 is 0.968 bits per heavy atom. The Labute approximate surface area is 179 Å². The van der Waals surface area contributed by atoms with Gasteiger partial charge in [-0.3, -0.25) is 9.59 Å². The van der Waals surface area contributed by atoms with Gasteiger partial charge in [-0.1, -0.05) is 47.6 Å². The predicted octanol–water partition coefficient (Wildman–Crippen LogP) is 4.14. The number of carbonyl (C=O) groups is 2. The number of rotatable bonds is 7. The average Bonchev–Trinajstić information content (AvgIpc) is 3.51. The lowest BCUT2D eigenvalue weighted by Gasteiger charge is -2.20. The second-order valence-electron chi connectivity index (χ2n) is 6.96. The lowest BCUT2D eigenvalue weighted by atomic mass is 10.1. The van der Waals surface area contributed by atoms with Crippen molar-refractivity contribution in [3.63, 3.8) is 0 Å². The lowest BCUT2D eigenvalue weighted by molar-refractivity contribution is 0.0707. The van der Waals surface area contributed by atoms with E-state index in [0.717, 1.165) is 11.1 Å². The van der Waals surface area contributed by atoms with Crippen LogP contribution in [0.25, 0.3) is 11.3 Å². The molecule has 2 heterocycles. The number of nitrogens with one attached hydrogen (secondary N) is 1. The van der Waals surface area contributed by atoms with E-state index in [-0.39, 0.29) is 24.1 Å². The standard InChI is InChI=1S/C24H21N3O4/c1-25-23(28)19-11-9-17(10-12-19)15-27(16-20-8-5-13-30-20)24(29)21-14-22(31-26-21)18-6-3-2-4-7-18/h2-14H,15-16H2,1H3,(H,25,28). The summed E-state index contributed by atoms with van der Waals surface area (Å²) in [6.07, 6.45) is 1.57. The van der Waals surface area contributed by atoms with E-state index in [2.05, 4.69) is 10.5 Å². The molecule has 2 amide bonds. The molecule has 0 radical (unpaired) electrons. The summed E-state index contributed by atoms with van der Waals surface area (Å²) in [6, 6.07) is 21.8. The molecule has 0 fully saturated rings. The van der Waals surface area contributed by atoms with Crippen LogP contribution < -0.4 is 5.32 Å². The maximum absolute atomic E-state index is 13.2. The van der Waals surface area contributed by atoms with Gasteiger partial charge in [-0.15, -0.1) is 0 Å². The molecular formula is C24H21N3O4. The van der Waals surface area contributed by atoms with Crippen molar-refractivity contribution in [3.05, 3.63) is 102 Å². The average molecular weight is 415 g/mol. The minimum Gasteiger partial charge on any atom is -0.467 e. The van der Waals surface area contributed by atoms with Crippen LogP contribution in [0, 0.1) is 0 Å². The van der Waals surface area contributed by atoms with E-state index in [4.69, 9.17) is 8.94 Å². The molecule has 0 unspecified atom stereocenters. The van der Waals surface area contributed by atoms with Crippen LogP contribution in [0.2, 0.25) is 0 Å². The third-order valence-electron chi connectivity index (χ3n) is 4.82. The smallest absolute Gasteiger partial charge is 0.276 e. The highest BCUT2D eigenvalue weighted by Gasteiger charge is 2.22. The van der Waals surface area contributed by atoms with Crippen LogP contribution in [0.1, 0.15) is 32.2 Å². The van der Waals surface area contributed by atoms with Gasteiger partial charge in [0.2, 0.25) is 0 Å². The number of amides is 2. The highest BCUT2D eigenvalue weighted by Crippen LogP contribution is 2.22. The summed E-state index contributed by atoms with van der Waals surface area (Å²) >= 11 is 0. The van der Waals surface area contributed by atoms with Gasteiger partial charge < -0.3 is 19.2 Å². The van der Waals surface area contributed by atoms with Crippen molar-refractivity contribution in [3.8, 4) is 11.3 Å². The SMILES string of the molecule is CNC(=O)c1ccc(CN(Cc2ccco2)C(=O)c2cc(-c3ccccc3)on2)cc1. The number of hydrogen-bond donors (Lipinski definition) is 1. The molecule has 0 saturated heterocycles. The second-order valence-corrected chi connectivity index (χ2v) is 6.96. The van der Waals surface area contributed by atoms with Gasteiger partial charge in [0.05, 0.1) is 12.8 Å². The number of aromatic nitrogens is 1. The van der Waals surface area contributed by atoms with Gasteiger partial charge >= 0.3 is 0 Å². The van der Waals surface area contributed by atoms with Crippen LogP contribution in [0.15, 0.2) is 88.0 Å². The zero-order chi connectivity index (χ0) is 21.6. The molecule has 156 valence electrons. The lowest BCUT2D eigenvalue weighted by Crippen LogP contribution is -2.30. The summed E-state index contributed by atoms with van der Waals surface area (Å²) in [4.78, 5) is 26.6. The fraction of sp³-hybridized carbons (Fsp3) is 0.125. The molecule has 2 aromatic heterocycles. The predicted molar refractivity (Wildman–Crippen MR) is 114 cm³/mol. The Kier molecular flexibility index (Phi) is 5.93. The Balaban J connectivity index is 1.57. The van der Waals surface area contributed by atoms with Crippen molar-refractivity contribution in [1.82, 2.24) is 15.4 Å². The van der Waals surface area contributed by atoms with E-state index in [1.165, 1.54) is 0 Å². The topological polar surface area (TPSA) is 88.6 Å². The first-order valence-corrected chi connectivity index (χ1v) is 9.79. The zero-order valence-electron chi connectivity index (χ0n) is 16.9. The van der Waals surface area contributed by atoms with Crippen LogP contribution in [-0.2, 0) is 13.1 Å². The molecule has 0 spiro atoms. The minimum absolute atomic E-state index is 0.161. The van der Waals surface area contributed by atoms with Crippen molar-refractivity contribution in [2.45, 2.75) is 13.1 Å². The fourth-order valence-corrected chi connectivity index (χ4v) is 3.19. The first-order chi connectivity index (χ1) is 15.1. The van der Waals surface area contributed by atoms with E-state index in [0.29, 0.717) is 23.6 Å². The van der Waals surface area contributed by atoms with E-state index in [1.54, 1.807) is 42.5 Å². The van der Waals surface area contributed by atoms with Gasteiger partial charge in [-0.25, -0.2) is 0 Å². The van der Waals surface area contributed by atoms with Gasteiger partial charge in [0.15, 0.2) is 11.5 Å². The van der Waals surface area contributed by atoms with E-state index >= 15 is 0 Å². The van der Waals surface area contributed by atoms with Gasteiger partial charge in [0.25, 0.3) is 11.8 Å². The van der Waals surface area contributed by atoms with Crippen LogP contribution in [0.5, 0.6) is 0 Å². The zero-order valence-corrected chi connectivity index (χ0v) is 16.9. The molecule has 0 saturated carbocycles. The maximum Gasteiger partial charge on any atom is 0.276 e. The summed E-state index contributed by atoms with van der Waals surface area (Å²) in [6.45, 7) is 0.595. The van der Waals surface area contributed by atoms with Crippen molar-refractivity contribution in [2.75, 3.05) is 7.05 Å². The molecular weight excluding hydrogens is 394 g/mol. The van der Waals surface area contributed by atoms with E-state index in [9.17, 15) is 9.59 Å². The van der Waals surface area contributed by atoms with Crippen molar-refractivity contribution in [2.24, 2.45) is 0 Å². The van der Waals surface area contributed by atoms with Crippen molar-refractivity contribution < 1.29 is 18.5 Å². The summed E-state index contributed by atoms with van der Waals surface area (Å²) in [5.41, 5.74) is 2.49. The number of furan rings is 1. The Bertz CT molecular complexity index is 1150. The molecule has 0 atom stereocenters. The molecule has 4 rings (SSSR count). The second kappa shape index (κ2) is 9.13. The summed E-state index contributed by atoms with van der Waals surface area (Å²) in [7, 11) is 1.58. The third-order valence-corrected chi connectivity index (χ3v) is 4.82. The molecule has 7 heteroatoms. The molecule has 0 aliphatic carbocycles. The molecule has 0 bridgehead atoms. The normalized spacial score (nSPS) is 10.6. The van der Waals surface area contributed by atoms with Gasteiger partial charge in [-0.05, 0) is 29.8 Å². The molecule has 31 heavy (non-hydrogen) atoms. The largest absolute Gasteiger partial charge is 0.467 e. The number of hydrogen-bond acceptors (Lipinski definition) is 5. The van der Waals surface area contributed by atoms with Crippen LogP contribution in [0.4, 0.5) is 0 Å². The van der Waals surface area contributed by atoms with Crippen molar-refractivity contribution >= 4 is 11.8 Å². The first-order valence-electron chi connectivity index (χ1n) is 9.79. The summed E-state index contributed by atoms with van der Waals surface area (Å²) < 4.78 is 10.8. The van der Waals surface area contributed by atoms with Gasteiger partial charge in [0.1, 0.15) is 5.76 Å². The number of nitrogens with zero attached hydrogens (tertiary/aromatic N) is 2. The van der Waals surface area contributed by atoms with Gasteiger partial charge in [0, 0.05) is 30.8 Å². The van der Waals surface area contributed by atoms with Crippen LogP contribution in [0.3, 0.4) is 0 Å². The molecule has 1 N–H and O–H groups in total. The monoisotopic (exact) mass is 415 g/mol. The van der Waals surface area contributed by atoms with E-state index in [1.807, 2.05) is 48.5 Å². The number of benzene rings is 2. The number of carbonyl (C=O) groups excluding carboxylic acids is 2. The Hall–Kier alpha value is -4.13. The first kappa shape index (κ1) is 20.2. The summed E-state index contributed by atoms with van der Waals surface area (Å²) in [5.74, 6) is 0.739. The third kappa shape index (κ3) is 4.72. The molecule has 4 aromatic rings. The highest BCUT2D eigenvalue weighted by atomic mass is 16.5. The highest BCUT2D eigenvalue weighted by molar-refractivity contribution is 5.94. The fourth-order valence-electron chi connectivity index (χ4n) is 3.19. The molecule has 0 aliphatic heterocycles. The Morgan fingerprint density at radius 2 is 1.74 bits per heavy atom.